The van der Waals surface area contributed by atoms with Crippen molar-refractivity contribution in [1.82, 2.24) is 14.8 Å². The molecule has 26 heavy (non-hydrogen) atoms. The van der Waals surface area contributed by atoms with Gasteiger partial charge in [-0.2, -0.15) is 0 Å². The smallest absolute Gasteiger partial charge is 0.248 e. The van der Waals surface area contributed by atoms with E-state index in [4.69, 9.17) is 47.0 Å². The van der Waals surface area contributed by atoms with E-state index in [2.05, 4.69) is 20.7 Å². The fourth-order valence-corrected chi connectivity index (χ4v) is 2.82. The van der Waals surface area contributed by atoms with Crippen LogP contribution in [0.1, 0.15) is 5.56 Å². The van der Waals surface area contributed by atoms with Crippen LogP contribution in [0.3, 0.4) is 0 Å². The molecule has 3 aromatic rings. The first-order chi connectivity index (χ1) is 12.4. The average Bonchev–Trinajstić information content (AvgIpc) is 3.00. The van der Waals surface area contributed by atoms with Crippen LogP contribution in [0, 0.1) is 5.82 Å². The molecular formula is C16H11Cl3FN5S. The first kappa shape index (κ1) is 18.8. The molecule has 10 heteroatoms. The third-order valence-corrected chi connectivity index (χ3v) is 4.58. The molecule has 0 aliphatic heterocycles. The molecule has 5 nitrogen and oxygen atoms in total. The number of rotatable bonds is 4. The second-order valence-electron chi connectivity index (χ2n) is 5.21. The van der Waals surface area contributed by atoms with Gasteiger partial charge >= 0.3 is 0 Å². The molecule has 0 saturated carbocycles. The summed E-state index contributed by atoms with van der Waals surface area (Å²) in [5.41, 5.74) is 1.40. The molecule has 0 aliphatic carbocycles. The predicted octanol–water partition coefficient (Wildman–Crippen LogP) is 5.23. The van der Waals surface area contributed by atoms with Crippen LogP contribution >= 0.6 is 47.0 Å². The summed E-state index contributed by atoms with van der Waals surface area (Å²) in [6.07, 6.45) is 1.52. The van der Waals surface area contributed by atoms with E-state index in [9.17, 15) is 4.39 Å². The van der Waals surface area contributed by atoms with Crippen molar-refractivity contribution in [3.8, 4) is 0 Å². The lowest BCUT2D eigenvalue weighted by atomic mass is 10.2. The fraction of sp³-hybridized carbons (Fsp3) is 0.0625. The quantitative estimate of drug-likeness (QED) is 0.555. The maximum Gasteiger partial charge on any atom is 0.248 e. The molecule has 0 fully saturated rings. The Labute approximate surface area is 169 Å². The maximum absolute atomic E-state index is 13.1. The second kappa shape index (κ2) is 8.18. The van der Waals surface area contributed by atoms with Gasteiger partial charge < -0.3 is 5.32 Å². The van der Waals surface area contributed by atoms with Crippen LogP contribution in [-0.4, -0.2) is 19.9 Å². The number of hydrogen-bond acceptors (Lipinski definition) is 3. The van der Waals surface area contributed by atoms with Crippen molar-refractivity contribution < 1.29 is 4.39 Å². The Balaban J connectivity index is 1.62. The van der Waals surface area contributed by atoms with Gasteiger partial charge in [0, 0.05) is 10.7 Å². The molecule has 0 amide bonds. The van der Waals surface area contributed by atoms with Gasteiger partial charge in [0.1, 0.15) is 12.1 Å². The summed E-state index contributed by atoms with van der Waals surface area (Å²) in [7, 11) is 0. The highest BCUT2D eigenvalue weighted by atomic mass is 35.5. The summed E-state index contributed by atoms with van der Waals surface area (Å²) < 4.78 is 14.7. The van der Waals surface area contributed by atoms with Crippen LogP contribution in [-0.2, 0) is 6.54 Å². The summed E-state index contributed by atoms with van der Waals surface area (Å²) in [5.74, 6) is -0.0841. The van der Waals surface area contributed by atoms with Crippen LogP contribution in [0.2, 0.25) is 15.1 Å². The van der Waals surface area contributed by atoms with Crippen molar-refractivity contribution in [1.29, 1.82) is 0 Å². The van der Waals surface area contributed by atoms with Crippen molar-refractivity contribution in [2.24, 2.45) is 0 Å². The average molecular weight is 431 g/mol. The molecule has 0 spiro atoms. The lowest BCUT2D eigenvalue weighted by Gasteiger charge is -2.08. The number of anilines is 2. The first-order valence-corrected chi connectivity index (χ1v) is 8.81. The third-order valence-electron chi connectivity index (χ3n) is 3.29. The molecule has 134 valence electrons. The Bertz CT molecular complexity index is 963. The molecule has 0 aliphatic rings. The van der Waals surface area contributed by atoms with Crippen molar-refractivity contribution in [2.45, 2.75) is 6.54 Å². The number of nitrogens with zero attached hydrogens (tertiary/aromatic N) is 3. The minimum absolute atomic E-state index is 0.293. The van der Waals surface area contributed by atoms with Crippen LogP contribution < -0.4 is 10.6 Å². The number of halogens is 4. The number of thiocarbonyl (C=S) groups is 1. The standard InChI is InChI=1S/C16H11Cl3FN5S/c17-12-4-3-11(6-14(12)19)22-16(26)23-15-21-8-25(24-15)7-9-1-2-10(20)5-13(9)18/h1-6,8H,7H2,(H2,22,23,24,26). The van der Waals surface area contributed by atoms with Gasteiger partial charge in [0.25, 0.3) is 0 Å². The van der Waals surface area contributed by atoms with Gasteiger partial charge in [0.2, 0.25) is 5.95 Å². The van der Waals surface area contributed by atoms with E-state index in [1.807, 2.05) is 0 Å². The molecule has 0 atom stereocenters. The molecule has 2 aromatic carbocycles. The van der Waals surface area contributed by atoms with E-state index in [-0.39, 0.29) is 0 Å². The van der Waals surface area contributed by atoms with E-state index in [1.54, 1.807) is 28.9 Å². The third kappa shape index (κ3) is 4.82. The minimum atomic E-state index is -0.390. The fourth-order valence-electron chi connectivity index (χ4n) is 2.09. The lowest BCUT2D eigenvalue weighted by Crippen LogP contribution is -2.20. The monoisotopic (exact) mass is 429 g/mol. The van der Waals surface area contributed by atoms with Crippen molar-refractivity contribution >= 4 is 63.8 Å². The predicted molar refractivity (Wildman–Crippen MR) is 107 cm³/mol. The van der Waals surface area contributed by atoms with Crippen molar-refractivity contribution in [3.63, 3.8) is 0 Å². The Morgan fingerprint density at radius 1 is 1.04 bits per heavy atom. The Kier molecular flexibility index (Phi) is 5.93. The van der Waals surface area contributed by atoms with E-state index in [0.29, 0.717) is 38.4 Å². The van der Waals surface area contributed by atoms with E-state index in [1.165, 1.54) is 18.5 Å². The number of nitrogens with one attached hydrogen (secondary N) is 2. The number of aromatic nitrogens is 3. The normalized spacial score (nSPS) is 10.6. The van der Waals surface area contributed by atoms with Gasteiger partial charge in [0.05, 0.1) is 16.6 Å². The molecule has 1 aromatic heterocycles. The zero-order valence-electron chi connectivity index (χ0n) is 13.0. The van der Waals surface area contributed by atoms with Gasteiger partial charge in [-0.3, -0.25) is 5.32 Å². The summed E-state index contributed by atoms with van der Waals surface area (Å²) in [5, 5.41) is 11.6. The zero-order valence-corrected chi connectivity index (χ0v) is 16.1. The molecular weight excluding hydrogens is 420 g/mol. The SMILES string of the molecule is Fc1ccc(Cn2cnc(NC(=S)Nc3ccc(Cl)c(Cl)c3)n2)c(Cl)c1. The molecule has 2 N–H and O–H groups in total. The van der Waals surface area contributed by atoms with Crippen LogP contribution in [0.5, 0.6) is 0 Å². The largest absolute Gasteiger partial charge is 0.332 e. The van der Waals surface area contributed by atoms with Crippen molar-refractivity contribution in [3.05, 3.63) is 69.2 Å². The van der Waals surface area contributed by atoms with Gasteiger partial charge in [0.15, 0.2) is 5.11 Å². The Hall–Kier alpha value is -1.93. The first-order valence-electron chi connectivity index (χ1n) is 7.27. The Morgan fingerprint density at radius 2 is 1.85 bits per heavy atom. The molecule has 0 radical (unpaired) electrons. The minimum Gasteiger partial charge on any atom is -0.332 e. The molecule has 0 bridgehead atoms. The summed E-state index contributed by atoms with van der Waals surface area (Å²) in [6.45, 7) is 0.348. The summed E-state index contributed by atoms with van der Waals surface area (Å²) >= 11 is 23.1. The van der Waals surface area contributed by atoms with Crippen LogP contribution in [0.25, 0.3) is 0 Å². The highest BCUT2D eigenvalue weighted by Crippen LogP contribution is 2.25. The van der Waals surface area contributed by atoms with Gasteiger partial charge in [-0.15, -0.1) is 5.10 Å². The van der Waals surface area contributed by atoms with E-state index >= 15 is 0 Å². The number of benzene rings is 2. The van der Waals surface area contributed by atoms with Crippen LogP contribution in [0.15, 0.2) is 42.7 Å². The summed E-state index contributed by atoms with van der Waals surface area (Å²) in [4.78, 5) is 4.12. The second-order valence-corrected chi connectivity index (χ2v) is 6.84. The molecule has 1 heterocycles. The summed E-state index contributed by atoms with van der Waals surface area (Å²) in [6, 6.07) is 9.25. The topological polar surface area (TPSA) is 54.8 Å². The van der Waals surface area contributed by atoms with Crippen LogP contribution in [0.4, 0.5) is 16.0 Å². The van der Waals surface area contributed by atoms with Gasteiger partial charge in [-0.25, -0.2) is 14.1 Å². The molecule has 0 saturated heterocycles. The Morgan fingerprint density at radius 3 is 2.58 bits per heavy atom. The zero-order chi connectivity index (χ0) is 18.7. The van der Waals surface area contributed by atoms with Crippen molar-refractivity contribution in [2.75, 3.05) is 10.6 Å². The molecule has 3 rings (SSSR count). The number of hydrogen-bond donors (Lipinski definition) is 2. The van der Waals surface area contributed by atoms with Gasteiger partial charge in [-0.05, 0) is 48.1 Å². The van der Waals surface area contributed by atoms with E-state index < -0.39 is 5.82 Å². The lowest BCUT2D eigenvalue weighted by molar-refractivity contribution is 0.624. The molecule has 0 unspecified atom stereocenters. The highest BCUT2D eigenvalue weighted by molar-refractivity contribution is 7.80. The van der Waals surface area contributed by atoms with E-state index in [0.717, 1.165) is 5.56 Å². The highest BCUT2D eigenvalue weighted by Gasteiger charge is 2.08. The van der Waals surface area contributed by atoms with Gasteiger partial charge in [-0.1, -0.05) is 40.9 Å². The maximum atomic E-state index is 13.1.